The normalized spacial score (nSPS) is 13.1. The van der Waals surface area contributed by atoms with Crippen molar-refractivity contribution in [3.8, 4) is 11.5 Å². The van der Waals surface area contributed by atoms with Gasteiger partial charge >= 0.3 is 0 Å². The molecule has 0 bridgehead atoms. The zero-order chi connectivity index (χ0) is 11.0. The van der Waals surface area contributed by atoms with E-state index in [1.807, 2.05) is 0 Å². The van der Waals surface area contributed by atoms with E-state index >= 15 is 0 Å². The maximum absolute atomic E-state index is 5.94. The van der Waals surface area contributed by atoms with E-state index < -0.39 is 0 Å². The van der Waals surface area contributed by atoms with E-state index in [0.717, 1.165) is 0 Å². The minimum atomic E-state index is -0.268. The van der Waals surface area contributed by atoms with Crippen LogP contribution >= 0.6 is 34.5 Å². The summed E-state index contributed by atoms with van der Waals surface area (Å²) in [6.07, 6.45) is 0. The highest BCUT2D eigenvalue weighted by Crippen LogP contribution is 2.37. The van der Waals surface area contributed by atoms with Crippen LogP contribution in [0.4, 0.5) is 0 Å². The average molecular weight is 264 g/mol. The van der Waals surface area contributed by atoms with Crippen LogP contribution in [0.25, 0.3) is 11.5 Å². The van der Waals surface area contributed by atoms with Gasteiger partial charge < -0.3 is 10.3 Å². The molecule has 1 atom stereocenters. The molecule has 0 aliphatic rings. The predicted octanol–water partition coefficient (Wildman–Crippen LogP) is 3.12. The largest absolute Gasteiger partial charge is 0.334 e. The van der Waals surface area contributed by atoms with Crippen LogP contribution in [0, 0.1) is 0 Å². The van der Waals surface area contributed by atoms with Crippen LogP contribution in [0.2, 0.25) is 8.67 Å². The smallest absolute Gasteiger partial charge is 0.260 e. The quantitative estimate of drug-likeness (QED) is 0.904. The van der Waals surface area contributed by atoms with Gasteiger partial charge in [-0.3, -0.25) is 0 Å². The number of aromatic nitrogens is 2. The van der Waals surface area contributed by atoms with Crippen molar-refractivity contribution in [3.63, 3.8) is 0 Å². The lowest BCUT2D eigenvalue weighted by Gasteiger charge is -1.92. The third-order valence-corrected chi connectivity index (χ3v) is 3.22. The van der Waals surface area contributed by atoms with Crippen LogP contribution in [-0.2, 0) is 0 Å². The zero-order valence-corrected chi connectivity index (χ0v) is 10.0. The number of hydrogen-bond acceptors (Lipinski definition) is 5. The van der Waals surface area contributed by atoms with E-state index in [4.69, 9.17) is 33.5 Å². The van der Waals surface area contributed by atoms with Crippen molar-refractivity contribution in [1.29, 1.82) is 0 Å². The highest BCUT2D eigenvalue weighted by molar-refractivity contribution is 7.20. The molecular formula is C8H7Cl2N3OS. The van der Waals surface area contributed by atoms with E-state index in [1.165, 1.54) is 11.3 Å². The van der Waals surface area contributed by atoms with Crippen LogP contribution in [0.3, 0.4) is 0 Å². The minimum Gasteiger partial charge on any atom is -0.334 e. The Bertz CT molecular complexity index is 480. The number of halogens is 2. The Balaban J connectivity index is 2.41. The summed E-state index contributed by atoms with van der Waals surface area (Å²) in [4.78, 5) is 4.11. The summed E-state index contributed by atoms with van der Waals surface area (Å²) in [6.45, 7) is 1.77. The number of nitrogens with two attached hydrogens (primary N) is 1. The standard InChI is InChI=1S/C8H7Cl2N3OS/c1-3(11)7-12-8(14-13-7)4-2-5(9)15-6(4)10/h2-3H,11H2,1H3. The molecule has 2 aromatic rings. The van der Waals surface area contributed by atoms with Gasteiger partial charge in [-0.25, -0.2) is 0 Å². The molecule has 0 fully saturated rings. The molecule has 0 spiro atoms. The van der Waals surface area contributed by atoms with Gasteiger partial charge in [-0.05, 0) is 13.0 Å². The van der Waals surface area contributed by atoms with Gasteiger partial charge in [0.1, 0.15) is 4.34 Å². The van der Waals surface area contributed by atoms with Gasteiger partial charge in [0.2, 0.25) is 0 Å². The van der Waals surface area contributed by atoms with Gasteiger partial charge in [0.15, 0.2) is 5.82 Å². The number of rotatable bonds is 2. The molecule has 2 N–H and O–H groups in total. The van der Waals surface area contributed by atoms with Gasteiger partial charge in [0.25, 0.3) is 5.89 Å². The lowest BCUT2D eigenvalue weighted by atomic mass is 10.3. The third kappa shape index (κ3) is 2.15. The fourth-order valence-electron chi connectivity index (χ4n) is 1.02. The number of nitrogens with zero attached hydrogens (tertiary/aromatic N) is 2. The van der Waals surface area contributed by atoms with Crippen LogP contribution in [0.5, 0.6) is 0 Å². The third-order valence-electron chi connectivity index (χ3n) is 1.74. The minimum absolute atomic E-state index is 0.268. The van der Waals surface area contributed by atoms with Crippen LogP contribution < -0.4 is 5.73 Å². The summed E-state index contributed by atoms with van der Waals surface area (Å²) in [5.74, 6) is 0.791. The van der Waals surface area contributed by atoms with Crippen molar-refractivity contribution in [2.24, 2.45) is 5.73 Å². The topological polar surface area (TPSA) is 64.9 Å². The molecule has 0 aliphatic carbocycles. The number of hydrogen-bond donors (Lipinski definition) is 1. The second-order valence-electron chi connectivity index (χ2n) is 2.98. The Morgan fingerprint density at radius 1 is 1.53 bits per heavy atom. The van der Waals surface area contributed by atoms with Gasteiger partial charge in [0.05, 0.1) is 15.9 Å². The molecule has 0 saturated carbocycles. The predicted molar refractivity (Wildman–Crippen MR) is 60.2 cm³/mol. The number of thiophene rings is 1. The SMILES string of the molecule is CC(N)c1noc(-c2cc(Cl)sc2Cl)n1. The summed E-state index contributed by atoms with van der Waals surface area (Å²) < 4.78 is 6.14. The Morgan fingerprint density at radius 3 is 2.73 bits per heavy atom. The molecule has 2 aromatic heterocycles. The molecule has 15 heavy (non-hydrogen) atoms. The van der Waals surface area contributed by atoms with Crippen molar-refractivity contribution < 1.29 is 4.52 Å². The summed E-state index contributed by atoms with van der Waals surface area (Å²) in [6, 6.07) is 1.42. The van der Waals surface area contributed by atoms with Crippen molar-refractivity contribution >= 4 is 34.5 Å². The Kier molecular flexibility index (Phi) is 2.97. The summed E-state index contributed by atoms with van der Waals surface area (Å²) in [7, 11) is 0. The molecule has 0 aromatic carbocycles. The molecule has 1 unspecified atom stereocenters. The van der Waals surface area contributed by atoms with Crippen molar-refractivity contribution in [3.05, 3.63) is 20.6 Å². The second-order valence-corrected chi connectivity index (χ2v) is 5.27. The van der Waals surface area contributed by atoms with E-state index in [1.54, 1.807) is 13.0 Å². The van der Waals surface area contributed by atoms with Crippen molar-refractivity contribution in [2.45, 2.75) is 13.0 Å². The van der Waals surface area contributed by atoms with Crippen molar-refractivity contribution in [1.82, 2.24) is 10.1 Å². The van der Waals surface area contributed by atoms with Gasteiger partial charge in [-0.2, -0.15) is 4.98 Å². The maximum Gasteiger partial charge on any atom is 0.260 e. The fraction of sp³-hybridized carbons (Fsp3) is 0.250. The monoisotopic (exact) mass is 263 g/mol. The molecule has 2 rings (SSSR count). The Labute approximate surface area is 100.0 Å². The maximum atomic E-state index is 5.94. The molecule has 0 saturated heterocycles. The second kappa shape index (κ2) is 4.09. The first kappa shape index (κ1) is 10.9. The van der Waals surface area contributed by atoms with E-state index in [9.17, 15) is 0 Å². The molecule has 0 amide bonds. The molecular weight excluding hydrogens is 257 g/mol. The summed E-state index contributed by atoms with van der Waals surface area (Å²) in [5, 5.41) is 3.73. The molecule has 80 valence electrons. The summed E-state index contributed by atoms with van der Waals surface area (Å²) >= 11 is 13.0. The molecule has 0 radical (unpaired) electrons. The van der Waals surface area contributed by atoms with Crippen LogP contribution in [0.1, 0.15) is 18.8 Å². The molecule has 0 aliphatic heterocycles. The first-order chi connectivity index (χ1) is 7.08. The van der Waals surface area contributed by atoms with Crippen LogP contribution in [-0.4, -0.2) is 10.1 Å². The first-order valence-corrected chi connectivity index (χ1v) is 5.69. The average Bonchev–Trinajstić information content (AvgIpc) is 2.71. The molecule has 7 heteroatoms. The fourth-order valence-corrected chi connectivity index (χ4v) is 2.46. The first-order valence-electron chi connectivity index (χ1n) is 4.12. The lowest BCUT2D eigenvalue weighted by Crippen LogP contribution is -2.06. The van der Waals surface area contributed by atoms with Gasteiger partial charge in [-0.1, -0.05) is 28.4 Å². The van der Waals surface area contributed by atoms with Crippen LogP contribution in [0.15, 0.2) is 10.6 Å². The highest BCUT2D eigenvalue weighted by Gasteiger charge is 2.16. The zero-order valence-electron chi connectivity index (χ0n) is 7.70. The Hall–Kier alpha value is -0.620. The van der Waals surface area contributed by atoms with E-state index in [2.05, 4.69) is 10.1 Å². The summed E-state index contributed by atoms with van der Waals surface area (Å²) in [5.41, 5.74) is 6.25. The highest BCUT2D eigenvalue weighted by atomic mass is 35.5. The lowest BCUT2D eigenvalue weighted by molar-refractivity contribution is 0.418. The van der Waals surface area contributed by atoms with E-state index in [-0.39, 0.29) is 6.04 Å². The van der Waals surface area contributed by atoms with E-state index in [0.29, 0.717) is 26.0 Å². The molecule has 2 heterocycles. The van der Waals surface area contributed by atoms with Crippen molar-refractivity contribution in [2.75, 3.05) is 0 Å². The van der Waals surface area contributed by atoms with Gasteiger partial charge in [0, 0.05) is 0 Å². The van der Waals surface area contributed by atoms with Gasteiger partial charge in [-0.15, -0.1) is 11.3 Å². The molecule has 4 nitrogen and oxygen atoms in total. The Morgan fingerprint density at radius 2 is 2.27 bits per heavy atom.